The van der Waals surface area contributed by atoms with Gasteiger partial charge in [-0.05, 0) is 37.2 Å². The van der Waals surface area contributed by atoms with Crippen LogP contribution in [0.4, 0.5) is 8.78 Å². The summed E-state index contributed by atoms with van der Waals surface area (Å²) in [6.45, 7) is 3.41. The molecule has 1 heterocycles. The number of benzene rings is 1. The molecule has 3 fully saturated rings. The number of hydrogen-bond acceptors (Lipinski definition) is 3. The minimum atomic E-state index is -2.94. The van der Waals surface area contributed by atoms with Crippen molar-refractivity contribution < 1.29 is 13.9 Å². The Bertz CT molecular complexity index is 606. The summed E-state index contributed by atoms with van der Waals surface area (Å²) >= 11 is 0. The van der Waals surface area contributed by atoms with Gasteiger partial charge < -0.3 is 5.11 Å². The smallest absolute Gasteiger partial charge is 0.275 e. The molecule has 2 saturated carbocycles. The summed E-state index contributed by atoms with van der Waals surface area (Å²) < 4.78 is 28.2. The number of nitrogens with zero attached hydrogens (tertiary/aromatic N) is 2. The molecular weight excluding hydrogens is 346 g/mol. The van der Waals surface area contributed by atoms with Crippen LogP contribution in [0.2, 0.25) is 0 Å². The van der Waals surface area contributed by atoms with Crippen LogP contribution >= 0.6 is 0 Å². The highest BCUT2D eigenvalue weighted by Crippen LogP contribution is 2.38. The van der Waals surface area contributed by atoms with Crippen LogP contribution in [0.3, 0.4) is 0 Å². The molecular formula is C22H32F2N2O. The summed E-state index contributed by atoms with van der Waals surface area (Å²) in [5, 5.41) is 10.3. The van der Waals surface area contributed by atoms with Gasteiger partial charge in [-0.15, -0.1) is 0 Å². The number of halogens is 2. The first-order valence-electron chi connectivity index (χ1n) is 10.6. The van der Waals surface area contributed by atoms with Gasteiger partial charge in [0.25, 0.3) is 5.92 Å². The van der Waals surface area contributed by atoms with Gasteiger partial charge in [0.2, 0.25) is 0 Å². The van der Waals surface area contributed by atoms with E-state index in [0.29, 0.717) is 24.8 Å². The van der Waals surface area contributed by atoms with Gasteiger partial charge in [-0.1, -0.05) is 43.2 Å². The Kier molecular flexibility index (Phi) is 5.81. The highest BCUT2D eigenvalue weighted by Gasteiger charge is 2.49. The van der Waals surface area contributed by atoms with E-state index < -0.39 is 18.1 Å². The van der Waals surface area contributed by atoms with Crippen molar-refractivity contribution in [2.75, 3.05) is 19.6 Å². The average Bonchev–Trinajstić information content (AvgIpc) is 3.20. The number of hydrogen-bond donors (Lipinski definition) is 1. The van der Waals surface area contributed by atoms with Crippen molar-refractivity contribution in [3.63, 3.8) is 0 Å². The molecule has 3 aliphatic rings. The maximum absolute atomic E-state index is 14.1. The summed E-state index contributed by atoms with van der Waals surface area (Å²) in [6, 6.07) is 10.6. The average molecular weight is 379 g/mol. The molecule has 1 aromatic rings. The first kappa shape index (κ1) is 19.3. The van der Waals surface area contributed by atoms with Crippen LogP contribution in [0.5, 0.6) is 0 Å². The van der Waals surface area contributed by atoms with Crippen molar-refractivity contribution in [3.8, 4) is 0 Å². The normalized spacial score (nSPS) is 33.4. The maximum atomic E-state index is 14.1. The minimum Gasteiger partial charge on any atom is -0.385 e. The Hall–Kier alpha value is -1.04. The largest absolute Gasteiger partial charge is 0.385 e. The molecule has 1 aromatic carbocycles. The Morgan fingerprint density at radius 3 is 2.44 bits per heavy atom. The van der Waals surface area contributed by atoms with E-state index in [2.05, 4.69) is 34.1 Å². The lowest BCUT2D eigenvalue weighted by atomic mass is 9.86. The number of piperazine rings is 1. The van der Waals surface area contributed by atoms with Gasteiger partial charge >= 0.3 is 0 Å². The molecule has 0 amide bonds. The second-order valence-corrected chi connectivity index (χ2v) is 8.73. The maximum Gasteiger partial charge on any atom is 0.275 e. The summed E-state index contributed by atoms with van der Waals surface area (Å²) in [5.74, 6) is -2.29. The molecule has 0 bridgehead atoms. The zero-order valence-corrected chi connectivity index (χ0v) is 16.1. The van der Waals surface area contributed by atoms with Crippen LogP contribution in [0, 0.1) is 5.92 Å². The van der Waals surface area contributed by atoms with Crippen LogP contribution in [-0.2, 0) is 6.54 Å². The molecule has 3 nitrogen and oxygen atoms in total. The van der Waals surface area contributed by atoms with Crippen LogP contribution in [0.25, 0.3) is 0 Å². The van der Waals surface area contributed by atoms with E-state index in [1.807, 2.05) is 6.07 Å². The van der Waals surface area contributed by atoms with Crippen molar-refractivity contribution in [1.82, 2.24) is 9.80 Å². The van der Waals surface area contributed by atoms with Gasteiger partial charge in [0.05, 0.1) is 0 Å². The predicted molar refractivity (Wildman–Crippen MR) is 103 cm³/mol. The Labute approximate surface area is 161 Å². The summed E-state index contributed by atoms with van der Waals surface area (Å²) in [5.41, 5.74) is 1.32. The fraction of sp³-hybridized carbons (Fsp3) is 0.727. The monoisotopic (exact) mass is 378 g/mol. The lowest BCUT2D eigenvalue weighted by Gasteiger charge is -2.49. The van der Waals surface area contributed by atoms with E-state index >= 15 is 0 Å². The van der Waals surface area contributed by atoms with Crippen LogP contribution in [0.1, 0.15) is 50.5 Å². The third kappa shape index (κ3) is 4.20. The molecule has 27 heavy (non-hydrogen) atoms. The van der Waals surface area contributed by atoms with Crippen molar-refractivity contribution in [3.05, 3.63) is 35.9 Å². The van der Waals surface area contributed by atoms with Gasteiger partial charge in [0.15, 0.2) is 0 Å². The quantitative estimate of drug-likeness (QED) is 0.861. The van der Waals surface area contributed by atoms with Crippen molar-refractivity contribution >= 4 is 0 Å². The van der Waals surface area contributed by atoms with Crippen molar-refractivity contribution in [2.24, 2.45) is 5.92 Å². The molecule has 4 rings (SSSR count). The van der Waals surface area contributed by atoms with Crippen LogP contribution < -0.4 is 0 Å². The van der Waals surface area contributed by atoms with Crippen LogP contribution in [0.15, 0.2) is 30.3 Å². The molecule has 1 aliphatic heterocycles. The Morgan fingerprint density at radius 1 is 0.963 bits per heavy atom. The summed E-state index contributed by atoms with van der Waals surface area (Å²) in [7, 11) is 0. The SMILES string of the molecule is O[C@@H]1[C@@H](N2CCN(Cc3ccccc3)C(C3CCCC3)C2)CCCC1(F)F. The van der Waals surface area contributed by atoms with Gasteiger partial charge in [-0.25, -0.2) is 8.78 Å². The van der Waals surface area contributed by atoms with Gasteiger partial charge in [0, 0.05) is 44.7 Å². The van der Waals surface area contributed by atoms with E-state index in [0.717, 1.165) is 26.2 Å². The molecule has 1 saturated heterocycles. The molecule has 3 atom stereocenters. The van der Waals surface area contributed by atoms with Crippen molar-refractivity contribution in [2.45, 2.75) is 75.6 Å². The predicted octanol–water partition coefficient (Wildman–Crippen LogP) is 3.91. The zero-order valence-electron chi connectivity index (χ0n) is 16.1. The van der Waals surface area contributed by atoms with E-state index in [1.54, 1.807) is 0 Å². The topological polar surface area (TPSA) is 26.7 Å². The number of alkyl halides is 2. The Balaban J connectivity index is 1.48. The third-order valence-corrected chi connectivity index (χ3v) is 7.01. The first-order chi connectivity index (χ1) is 13.0. The van der Waals surface area contributed by atoms with Gasteiger partial charge in [0.1, 0.15) is 6.10 Å². The zero-order chi connectivity index (χ0) is 18.9. The lowest BCUT2D eigenvalue weighted by Crippen LogP contribution is -2.62. The van der Waals surface area contributed by atoms with Gasteiger partial charge in [-0.2, -0.15) is 0 Å². The molecule has 5 heteroatoms. The number of aliphatic hydroxyl groups excluding tert-OH is 1. The highest BCUT2D eigenvalue weighted by molar-refractivity contribution is 5.15. The summed E-state index contributed by atoms with van der Waals surface area (Å²) in [4.78, 5) is 4.75. The molecule has 2 aliphatic carbocycles. The Morgan fingerprint density at radius 2 is 1.70 bits per heavy atom. The van der Waals surface area contributed by atoms with E-state index in [-0.39, 0.29) is 6.42 Å². The second kappa shape index (κ2) is 8.14. The highest BCUT2D eigenvalue weighted by atomic mass is 19.3. The van der Waals surface area contributed by atoms with Crippen LogP contribution in [-0.4, -0.2) is 58.7 Å². The summed E-state index contributed by atoms with van der Waals surface area (Å²) in [6.07, 6.45) is 4.55. The van der Waals surface area contributed by atoms with E-state index in [4.69, 9.17) is 0 Å². The number of aliphatic hydroxyl groups is 1. The van der Waals surface area contributed by atoms with E-state index in [1.165, 1.54) is 31.2 Å². The number of rotatable bonds is 4. The second-order valence-electron chi connectivity index (χ2n) is 8.73. The van der Waals surface area contributed by atoms with Gasteiger partial charge in [-0.3, -0.25) is 9.80 Å². The molecule has 0 aromatic heterocycles. The minimum absolute atomic E-state index is 0.176. The molecule has 0 radical (unpaired) electrons. The first-order valence-corrected chi connectivity index (χ1v) is 10.6. The molecule has 1 unspecified atom stereocenters. The molecule has 1 N–H and O–H groups in total. The van der Waals surface area contributed by atoms with Crippen molar-refractivity contribution in [1.29, 1.82) is 0 Å². The fourth-order valence-corrected chi connectivity index (χ4v) is 5.49. The van der Waals surface area contributed by atoms with E-state index in [9.17, 15) is 13.9 Å². The molecule has 150 valence electrons. The standard InChI is InChI=1S/C22H32F2N2O/c23-22(24)12-6-11-19(21(22)27)26-14-13-25(15-17-7-2-1-3-8-17)20(16-26)18-9-4-5-10-18/h1-3,7-8,18-21,27H,4-6,9-16H2/t19-,20?,21+/m0/s1. The lowest BCUT2D eigenvalue weighted by molar-refractivity contribution is -0.168. The molecule has 0 spiro atoms. The fourth-order valence-electron chi connectivity index (χ4n) is 5.49. The third-order valence-electron chi connectivity index (χ3n) is 7.01.